The monoisotopic (exact) mass is 365 g/mol. The lowest BCUT2D eigenvalue weighted by molar-refractivity contribution is 0.0337. The van der Waals surface area contributed by atoms with Crippen molar-refractivity contribution in [2.75, 3.05) is 33.4 Å². The normalized spacial score (nSPS) is 15.9. The van der Waals surface area contributed by atoms with Crippen LogP contribution in [0.4, 0.5) is 0 Å². The van der Waals surface area contributed by atoms with E-state index in [4.69, 9.17) is 26.2 Å². The van der Waals surface area contributed by atoms with E-state index in [0.29, 0.717) is 16.5 Å². The van der Waals surface area contributed by atoms with Gasteiger partial charge in [0.25, 0.3) is 0 Å². The van der Waals surface area contributed by atoms with Gasteiger partial charge in [0.05, 0.1) is 42.1 Å². The number of hydrogen-bond donors (Lipinski definition) is 0. The third-order valence-electron chi connectivity index (χ3n) is 4.35. The highest BCUT2D eigenvalue weighted by atomic mass is 35.5. The Hall–Kier alpha value is -1.63. The second-order valence-corrected chi connectivity index (χ2v) is 7.10. The van der Waals surface area contributed by atoms with E-state index in [1.165, 1.54) is 7.11 Å². The zero-order chi connectivity index (χ0) is 18.0. The summed E-state index contributed by atoms with van der Waals surface area (Å²) in [6.07, 6.45) is 0. The molecule has 2 aromatic rings. The number of benzene rings is 1. The molecule has 0 spiro atoms. The number of halogens is 1. The molecule has 1 aliphatic rings. The molecule has 1 aliphatic heterocycles. The van der Waals surface area contributed by atoms with Crippen molar-refractivity contribution in [3.63, 3.8) is 0 Å². The number of nitrogens with zero attached hydrogens (tertiary/aromatic N) is 3. The lowest BCUT2D eigenvalue weighted by Gasteiger charge is -2.25. The van der Waals surface area contributed by atoms with Crippen molar-refractivity contribution in [1.82, 2.24) is 14.7 Å². The molecule has 0 N–H and O–H groups in total. The van der Waals surface area contributed by atoms with Crippen molar-refractivity contribution in [2.24, 2.45) is 5.92 Å². The van der Waals surface area contributed by atoms with Gasteiger partial charge < -0.3 is 9.47 Å². The highest BCUT2D eigenvalue weighted by molar-refractivity contribution is 6.38. The highest BCUT2D eigenvalue weighted by Crippen LogP contribution is 2.31. The van der Waals surface area contributed by atoms with Crippen LogP contribution in [0.15, 0.2) is 12.1 Å². The number of rotatable bonds is 5. The van der Waals surface area contributed by atoms with Crippen LogP contribution in [0.3, 0.4) is 0 Å². The average molecular weight is 366 g/mol. The number of methoxy groups -OCH3 is 1. The molecule has 0 amide bonds. The van der Waals surface area contributed by atoms with E-state index in [1.807, 2.05) is 10.7 Å². The van der Waals surface area contributed by atoms with Gasteiger partial charge >= 0.3 is 5.97 Å². The highest BCUT2D eigenvalue weighted by Gasteiger charge is 2.22. The fourth-order valence-electron chi connectivity index (χ4n) is 3.13. The summed E-state index contributed by atoms with van der Waals surface area (Å²) in [5, 5.41) is 6.21. The molecule has 1 aromatic heterocycles. The third-order valence-corrected chi connectivity index (χ3v) is 4.73. The molecular weight excluding hydrogens is 342 g/mol. The van der Waals surface area contributed by atoms with Crippen LogP contribution in [-0.2, 0) is 22.6 Å². The van der Waals surface area contributed by atoms with E-state index >= 15 is 0 Å². The van der Waals surface area contributed by atoms with Crippen LogP contribution in [0.25, 0.3) is 10.9 Å². The largest absolute Gasteiger partial charge is 0.465 e. The van der Waals surface area contributed by atoms with Gasteiger partial charge in [-0.25, -0.2) is 4.79 Å². The number of aromatic nitrogens is 2. The van der Waals surface area contributed by atoms with Gasteiger partial charge in [0, 0.05) is 31.6 Å². The number of carbonyl (C=O) groups is 1. The minimum Gasteiger partial charge on any atom is -0.465 e. The number of ether oxygens (including phenoxy) is 2. The Balaban J connectivity index is 2.05. The van der Waals surface area contributed by atoms with Crippen molar-refractivity contribution < 1.29 is 14.3 Å². The van der Waals surface area contributed by atoms with E-state index in [2.05, 4.69) is 18.7 Å². The first-order valence-electron chi connectivity index (χ1n) is 8.57. The molecule has 0 bridgehead atoms. The van der Waals surface area contributed by atoms with E-state index in [-0.39, 0.29) is 0 Å². The molecule has 0 atom stereocenters. The number of morpholine rings is 1. The lowest BCUT2D eigenvalue weighted by atomic mass is 10.1. The minimum atomic E-state index is -0.432. The van der Waals surface area contributed by atoms with Crippen molar-refractivity contribution in [1.29, 1.82) is 0 Å². The molecule has 0 aliphatic carbocycles. The van der Waals surface area contributed by atoms with Crippen molar-refractivity contribution in [3.05, 3.63) is 28.4 Å². The second kappa shape index (κ2) is 7.72. The molecular formula is C18H24ClN3O3. The van der Waals surface area contributed by atoms with E-state index in [1.54, 1.807) is 6.07 Å². The Morgan fingerprint density at radius 2 is 2.08 bits per heavy atom. The maximum absolute atomic E-state index is 12.0. The van der Waals surface area contributed by atoms with Crippen LogP contribution < -0.4 is 0 Å². The van der Waals surface area contributed by atoms with E-state index in [9.17, 15) is 4.79 Å². The van der Waals surface area contributed by atoms with Crippen LogP contribution in [0.5, 0.6) is 0 Å². The predicted molar refractivity (Wildman–Crippen MR) is 97.0 cm³/mol. The molecule has 25 heavy (non-hydrogen) atoms. The lowest BCUT2D eigenvalue weighted by Crippen LogP contribution is -2.35. The van der Waals surface area contributed by atoms with Gasteiger partial charge in [-0.15, -0.1) is 0 Å². The summed E-state index contributed by atoms with van der Waals surface area (Å²) >= 11 is 6.56. The summed E-state index contributed by atoms with van der Waals surface area (Å²) in [6, 6.07) is 3.65. The van der Waals surface area contributed by atoms with Gasteiger partial charge in [0.2, 0.25) is 0 Å². The SMILES string of the molecule is COC(=O)c1ccc2c(CN3CCOCC3)nn(CC(C)C)c2c1Cl. The second-order valence-electron chi connectivity index (χ2n) is 6.73. The summed E-state index contributed by atoms with van der Waals surface area (Å²) in [7, 11) is 1.36. The van der Waals surface area contributed by atoms with Crippen molar-refractivity contribution in [3.8, 4) is 0 Å². The maximum Gasteiger partial charge on any atom is 0.339 e. The Labute approximate surface area is 152 Å². The molecule has 6 nitrogen and oxygen atoms in total. The summed E-state index contributed by atoms with van der Waals surface area (Å²) in [5.74, 6) is -0.0175. The molecule has 0 unspecified atom stereocenters. The Morgan fingerprint density at radius 3 is 2.72 bits per heavy atom. The molecule has 3 rings (SSSR count). The van der Waals surface area contributed by atoms with Gasteiger partial charge in [-0.05, 0) is 18.1 Å². The molecule has 0 saturated carbocycles. The number of fused-ring (bicyclic) bond motifs is 1. The molecule has 0 radical (unpaired) electrons. The summed E-state index contributed by atoms with van der Waals surface area (Å²) in [4.78, 5) is 14.3. The van der Waals surface area contributed by atoms with Gasteiger partial charge in [0.15, 0.2) is 0 Å². The Bertz CT molecular complexity index is 767. The fourth-order valence-corrected chi connectivity index (χ4v) is 3.47. The van der Waals surface area contributed by atoms with E-state index in [0.717, 1.165) is 56.0 Å². The van der Waals surface area contributed by atoms with Gasteiger partial charge in [-0.2, -0.15) is 5.10 Å². The molecule has 2 heterocycles. The smallest absolute Gasteiger partial charge is 0.339 e. The zero-order valence-corrected chi connectivity index (χ0v) is 15.7. The first kappa shape index (κ1) is 18.2. The Kier molecular flexibility index (Phi) is 5.61. The Morgan fingerprint density at radius 1 is 1.36 bits per heavy atom. The number of hydrogen-bond acceptors (Lipinski definition) is 5. The molecule has 1 fully saturated rings. The van der Waals surface area contributed by atoms with Crippen LogP contribution >= 0.6 is 11.6 Å². The summed E-state index contributed by atoms with van der Waals surface area (Å²) < 4.78 is 12.2. The van der Waals surface area contributed by atoms with Crippen LogP contribution in [0.2, 0.25) is 5.02 Å². The van der Waals surface area contributed by atoms with Crippen LogP contribution in [-0.4, -0.2) is 54.1 Å². The molecule has 7 heteroatoms. The fraction of sp³-hybridized carbons (Fsp3) is 0.556. The topological polar surface area (TPSA) is 56.6 Å². The van der Waals surface area contributed by atoms with Gasteiger partial charge in [-0.3, -0.25) is 9.58 Å². The summed E-state index contributed by atoms with van der Waals surface area (Å²) in [5.41, 5.74) is 2.16. The summed E-state index contributed by atoms with van der Waals surface area (Å²) in [6.45, 7) is 9.04. The van der Waals surface area contributed by atoms with E-state index < -0.39 is 5.97 Å². The molecule has 1 saturated heterocycles. The molecule has 136 valence electrons. The first-order valence-corrected chi connectivity index (χ1v) is 8.95. The van der Waals surface area contributed by atoms with Crippen molar-refractivity contribution >= 4 is 28.5 Å². The number of esters is 1. The standard InChI is InChI=1S/C18H24ClN3O3/c1-12(2)10-22-17-13(4-5-14(16(17)19)18(23)24-3)15(20-22)11-21-6-8-25-9-7-21/h4-5,12H,6-11H2,1-3H3. The predicted octanol–water partition coefficient (Wildman–Crippen LogP) is 2.96. The van der Waals surface area contributed by atoms with Crippen LogP contribution in [0, 0.1) is 5.92 Å². The maximum atomic E-state index is 12.0. The molecule has 1 aromatic carbocycles. The minimum absolute atomic E-state index is 0.375. The average Bonchev–Trinajstić information content (AvgIpc) is 2.93. The third kappa shape index (κ3) is 3.81. The first-order chi connectivity index (χ1) is 12.0. The van der Waals surface area contributed by atoms with Gasteiger partial charge in [0.1, 0.15) is 0 Å². The zero-order valence-electron chi connectivity index (χ0n) is 14.9. The quantitative estimate of drug-likeness (QED) is 0.762. The van der Waals surface area contributed by atoms with Gasteiger partial charge in [-0.1, -0.05) is 25.4 Å². The van der Waals surface area contributed by atoms with Crippen LogP contribution in [0.1, 0.15) is 29.9 Å². The number of carbonyl (C=O) groups excluding carboxylic acids is 1. The van der Waals surface area contributed by atoms with Crippen molar-refractivity contribution in [2.45, 2.75) is 26.9 Å².